The van der Waals surface area contributed by atoms with E-state index in [1.54, 1.807) is 3.28 Å². The predicted octanol–water partition coefficient (Wildman–Crippen LogP) is -1.46. The molecule has 2 aliphatic carbocycles. The van der Waals surface area contributed by atoms with Gasteiger partial charge in [0.15, 0.2) is 0 Å². The Morgan fingerprint density at radius 1 is 1.00 bits per heavy atom. The first-order valence-corrected chi connectivity index (χ1v) is 9.82. The summed E-state index contributed by atoms with van der Waals surface area (Å²) in [6.45, 7) is 2.27. The maximum atomic E-state index is 2.45. The van der Waals surface area contributed by atoms with Crippen molar-refractivity contribution in [1.82, 2.24) is 4.57 Å². The first-order chi connectivity index (χ1) is 10.3. The molecule has 0 saturated carbocycles. The smallest absolute Gasteiger partial charge is 1.00 e. The van der Waals surface area contributed by atoms with Crippen LogP contribution in [0.5, 0.6) is 0 Å². The van der Waals surface area contributed by atoms with Gasteiger partial charge in [-0.3, -0.25) is 0 Å². The third-order valence-electron chi connectivity index (χ3n) is 4.39. The van der Waals surface area contributed by atoms with Crippen molar-refractivity contribution in [1.29, 1.82) is 0 Å². The first kappa shape index (κ1) is 18.5. The van der Waals surface area contributed by atoms with Gasteiger partial charge in [-0.25, -0.2) is 0 Å². The summed E-state index contributed by atoms with van der Waals surface area (Å²) in [7, 11) is 0. The fourth-order valence-corrected chi connectivity index (χ4v) is 7.60. The van der Waals surface area contributed by atoms with Crippen LogP contribution in [0.1, 0.15) is 24.5 Å². The van der Waals surface area contributed by atoms with Crippen LogP contribution in [0.3, 0.4) is 0 Å². The zero-order chi connectivity index (χ0) is 14.3. The number of benzene rings is 1. The van der Waals surface area contributed by atoms with Crippen LogP contribution < -0.4 is 24.8 Å². The van der Waals surface area contributed by atoms with E-state index < -0.39 is 23.2 Å². The standard InChI is InChI=1S/C13H10N.C6H7.2ClH.Zr/c1-2-6-12-11(5-1)7-8-13(12)14-9-3-4-10-14;1-6-4-2-3-5-6;;;/h1-10H;2,4H,3H2,1H3;2*1H;/q;;;;+2/p-2. The van der Waals surface area contributed by atoms with E-state index in [4.69, 9.17) is 0 Å². The van der Waals surface area contributed by atoms with Gasteiger partial charge in [0.25, 0.3) is 0 Å². The zero-order valence-electron chi connectivity index (χ0n) is 12.8. The molecule has 0 fully saturated rings. The third kappa shape index (κ3) is 3.10. The summed E-state index contributed by atoms with van der Waals surface area (Å²) in [6, 6.07) is 13.2. The largest absolute Gasteiger partial charge is 1.00 e. The molecule has 1 aromatic carbocycles. The van der Waals surface area contributed by atoms with E-state index in [2.05, 4.69) is 84.6 Å². The second kappa shape index (κ2) is 7.38. The molecule has 0 saturated heterocycles. The third-order valence-corrected chi connectivity index (χ3v) is 9.25. The van der Waals surface area contributed by atoms with Gasteiger partial charge in [0, 0.05) is 0 Å². The van der Waals surface area contributed by atoms with Crippen molar-refractivity contribution in [2.45, 2.75) is 16.6 Å². The Balaban J connectivity index is 0.000000960. The van der Waals surface area contributed by atoms with Crippen LogP contribution >= 0.6 is 0 Å². The van der Waals surface area contributed by atoms with Crippen molar-refractivity contribution in [3.63, 3.8) is 0 Å². The fraction of sp³-hybridized carbons (Fsp3) is 0.158. The summed E-state index contributed by atoms with van der Waals surface area (Å²) in [5, 5.41) is 0. The topological polar surface area (TPSA) is 4.93 Å². The summed E-state index contributed by atoms with van der Waals surface area (Å²) in [6.07, 6.45) is 15.0. The Bertz CT molecular complexity index is 774. The average Bonchev–Trinajstić information content (AvgIpc) is 3.22. The Labute approximate surface area is 161 Å². The van der Waals surface area contributed by atoms with Crippen LogP contribution in [0.25, 0.3) is 6.08 Å². The summed E-state index contributed by atoms with van der Waals surface area (Å²) >= 11 is -0.816. The van der Waals surface area contributed by atoms with Gasteiger partial charge in [0.1, 0.15) is 0 Å². The molecule has 0 amide bonds. The molecule has 4 heteroatoms. The Hall–Kier alpha value is -0.817. The molecule has 116 valence electrons. The Morgan fingerprint density at radius 2 is 1.74 bits per heavy atom. The van der Waals surface area contributed by atoms with E-state index in [1.165, 1.54) is 16.7 Å². The second-order valence-electron chi connectivity index (χ2n) is 5.67. The number of halogens is 2. The van der Waals surface area contributed by atoms with Crippen LogP contribution in [-0.2, 0) is 26.5 Å². The van der Waals surface area contributed by atoms with Gasteiger partial charge >= 0.3 is 137 Å². The van der Waals surface area contributed by atoms with E-state index in [1.807, 2.05) is 0 Å². The van der Waals surface area contributed by atoms with Crippen molar-refractivity contribution in [2.24, 2.45) is 0 Å². The number of nitrogens with zero attached hydrogens (tertiary/aromatic N) is 1. The molecule has 1 aromatic heterocycles. The number of rotatable bonds is 3. The molecule has 0 N–H and O–H groups in total. The number of hydrogen-bond acceptors (Lipinski definition) is 0. The average molecular weight is 421 g/mol. The van der Waals surface area contributed by atoms with Crippen molar-refractivity contribution < 1.29 is 48.0 Å². The number of fused-ring (bicyclic) bond motifs is 1. The van der Waals surface area contributed by atoms with Gasteiger partial charge < -0.3 is 24.8 Å². The summed E-state index contributed by atoms with van der Waals surface area (Å²) in [4.78, 5) is 0. The molecule has 0 aliphatic heterocycles. The second-order valence-corrected chi connectivity index (χ2v) is 9.64. The number of aromatic nitrogens is 1. The van der Waals surface area contributed by atoms with E-state index in [9.17, 15) is 0 Å². The fourth-order valence-electron chi connectivity index (χ4n) is 3.25. The van der Waals surface area contributed by atoms with Gasteiger partial charge in [-0.2, -0.15) is 0 Å². The Kier molecular flexibility index (Phi) is 5.95. The van der Waals surface area contributed by atoms with Gasteiger partial charge in [-0.15, -0.1) is 0 Å². The molecular weight excluding hydrogens is 404 g/mol. The molecule has 1 heterocycles. The van der Waals surface area contributed by atoms with Crippen molar-refractivity contribution in [3.8, 4) is 0 Å². The van der Waals surface area contributed by atoms with E-state index in [-0.39, 0.29) is 28.1 Å². The van der Waals surface area contributed by atoms with Crippen LogP contribution in [0.15, 0.2) is 75.9 Å². The SMILES string of the molecule is CC1=[C]([Zr+2][C]2(n3cccc3)C=Cc3ccccc32)CC=C1.[Cl-].[Cl-]. The minimum absolute atomic E-state index is 0. The molecule has 23 heavy (non-hydrogen) atoms. The van der Waals surface area contributed by atoms with E-state index in [0.717, 1.165) is 6.42 Å². The molecule has 1 nitrogen and oxygen atoms in total. The van der Waals surface area contributed by atoms with Gasteiger partial charge in [-0.1, -0.05) is 0 Å². The van der Waals surface area contributed by atoms with Crippen LogP contribution in [0.2, 0.25) is 0 Å². The molecule has 4 rings (SSSR count). The molecular formula is C19H17Cl2NZr. The van der Waals surface area contributed by atoms with Gasteiger partial charge in [0.2, 0.25) is 0 Å². The molecule has 2 aromatic rings. The minimum atomic E-state index is -0.816. The predicted molar refractivity (Wildman–Crippen MR) is 83.4 cm³/mol. The zero-order valence-corrected chi connectivity index (χ0v) is 16.8. The monoisotopic (exact) mass is 419 g/mol. The summed E-state index contributed by atoms with van der Waals surface area (Å²) in [5.41, 5.74) is 4.38. The van der Waals surface area contributed by atoms with Crippen molar-refractivity contribution >= 4 is 6.08 Å². The van der Waals surface area contributed by atoms with Gasteiger partial charge in [-0.05, 0) is 0 Å². The van der Waals surface area contributed by atoms with Crippen LogP contribution in [0.4, 0.5) is 0 Å². The Morgan fingerprint density at radius 3 is 2.43 bits per heavy atom. The normalized spacial score (nSPS) is 20.7. The quantitative estimate of drug-likeness (QED) is 0.571. The number of allylic oxidation sites excluding steroid dienone is 5. The van der Waals surface area contributed by atoms with Crippen LogP contribution in [-0.4, -0.2) is 4.57 Å². The summed E-state index contributed by atoms with van der Waals surface area (Å²) < 4.78 is 4.25. The van der Waals surface area contributed by atoms with Crippen molar-refractivity contribution in [2.75, 3.05) is 0 Å². The molecule has 0 radical (unpaired) electrons. The van der Waals surface area contributed by atoms with E-state index in [0.29, 0.717) is 0 Å². The first-order valence-electron chi connectivity index (χ1n) is 7.36. The maximum absolute atomic E-state index is 2.45. The molecule has 1 unspecified atom stereocenters. The van der Waals surface area contributed by atoms with Crippen LogP contribution in [0, 0.1) is 0 Å². The van der Waals surface area contributed by atoms with Gasteiger partial charge in [0.05, 0.1) is 0 Å². The molecule has 2 aliphatic rings. The maximum Gasteiger partial charge on any atom is -1.00 e. The van der Waals surface area contributed by atoms with E-state index >= 15 is 0 Å². The van der Waals surface area contributed by atoms with Crippen molar-refractivity contribution in [3.05, 3.63) is 87.0 Å². The molecule has 0 spiro atoms. The summed E-state index contributed by atoms with van der Waals surface area (Å²) in [5.74, 6) is 0. The molecule has 1 atom stereocenters. The number of hydrogen-bond donors (Lipinski definition) is 0. The minimum Gasteiger partial charge on any atom is -1.00 e. The molecule has 0 bridgehead atoms.